The highest BCUT2D eigenvalue weighted by atomic mass is 16.5. The van der Waals surface area contributed by atoms with Crippen LogP contribution in [0.2, 0.25) is 0 Å². The molecule has 1 aromatic carbocycles. The summed E-state index contributed by atoms with van der Waals surface area (Å²) in [4.78, 5) is 2.48. The molecule has 130 valence electrons. The SMILES string of the molecule is CC1CCN(CCOc2ccc(NC(C)Cn3cccn3)cc2)C1. The summed E-state index contributed by atoms with van der Waals surface area (Å²) >= 11 is 0. The summed E-state index contributed by atoms with van der Waals surface area (Å²) in [6, 6.07) is 10.5. The first kappa shape index (κ1) is 16.8. The maximum Gasteiger partial charge on any atom is 0.119 e. The number of benzene rings is 1. The Morgan fingerprint density at radius 1 is 1.33 bits per heavy atom. The number of likely N-dealkylation sites (tertiary alicyclic amines) is 1. The number of ether oxygens (including phenoxy) is 1. The zero-order chi connectivity index (χ0) is 16.8. The molecule has 0 spiro atoms. The lowest BCUT2D eigenvalue weighted by Crippen LogP contribution is -2.25. The summed E-state index contributed by atoms with van der Waals surface area (Å²) in [5.74, 6) is 1.77. The minimum atomic E-state index is 0.314. The van der Waals surface area contributed by atoms with Crippen molar-refractivity contribution < 1.29 is 4.74 Å². The van der Waals surface area contributed by atoms with Gasteiger partial charge in [0.2, 0.25) is 0 Å². The molecule has 0 amide bonds. The summed E-state index contributed by atoms with van der Waals surface area (Å²) in [5.41, 5.74) is 1.11. The molecule has 1 aromatic heterocycles. The van der Waals surface area contributed by atoms with Gasteiger partial charge in [0, 0.05) is 37.2 Å². The Kier molecular flexibility index (Phi) is 5.75. The molecule has 2 heterocycles. The van der Waals surface area contributed by atoms with Crippen LogP contribution in [0, 0.1) is 5.92 Å². The average molecular weight is 328 g/mol. The van der Waals surface area contributed by atoms with Crippen molar-refractivity contribution in [3.63, 3.8) is 0 Å². The molecule has 1 fully saturated rings. The lowest BCUT2D eigenvalue weighted by molar-refractivity contribution is 0.234. The molecule has 1 aliphatic rings. The molecule has 2 atom stereocenters. The van der Waals surface area contributed by atoms with Crippen LogP contribution in [-0.2, 0) is 6.54 Å². The van der Waals surface area contributed by atoms with Gasteiger partial charge in [-0.3, -0.25) is 9.58 Å². The number of anilines is 1. The van der Waals surface area contributed by atoms with E-state index in [0.29, 0.717) is 6.04 Å². The Labute approximate surface area is 144 Å². The fraction of sp³-hybridized carbons (Fsp3) is 0.526. The topological polar surface area (TPSA) is 42.3 Å². The van der Waals surface area contributed by atoms with Crippen molar-refractivity contribution in [2.24, 2.45) is 5.92 Å². The number of hydrogen-bond donors (Lipinski definition) is 1. The Morgan fingerprint density at radius 3 is 2.83 bits per heavy atom. The summed E-state index contributed by atoms with van der Waals surface area (Å²) < 4.78 is 7.80. The first-order valence-electron chi connectivity index (χ1n) is 8.88. The third-order valence-corrected chi connectivity index (χ3v) is 4.47. The summed E-state index contributed by atoms with van der Waals surface area (Å²) in [6.45, 7) is 9.52. The normalized spacial score (nSPS) is 19.3. The van der Waals surface area contributed by atoms with E-state index in [-0.39, 0.29) is 0 Å². The summed E-state index contributed by atoms with van der Waals surface area (Å²) in [7, 11) is 0. The van der Waals surface area contributed by atoms with Crippen molar-refractivity contribution in [3.8, 4) is 5.75 Å². The maximum atomic E-state index is 5.86. The minimum Gasteiger partial charge on any atom is -0.492 e. The molecular formula is C19H28N4O. The predicted molar refractivity (Wildman–Crippen MR) is 97.5 cm³/mol. The molecule has 2 unspecified atom stereocenters. The van der Waals surface area contributed by atoms with Crippen molar-refractivity contribution in [3.05, 3.63) is 42.7 Å². The van der Waals surface area contributed by atoms with Gasteiger partial charge in [0.25, 0.3) is 0 Å². The number of aromatic nitrogens is 2. The molecule has 24 heavy (non-hydrogen) atoms. The first-order valence-corrected chi connectivity index (χ1v) is 8.88. The van der Waals surface area contributed by atoms with Crippen molar-refractivity contribution in [1.82, 2.24) is 14.7 Å². The second kappa shape index (κ2) is 8.20. The molecule has 5 nitrogen and oxygen atoms in total. The lowest BCUT2D eigenvalue weighted by Gasteiger charge is -2.17. The molecule has 0 saturated carbocycles. The van der Waals surface area contributed by atoms with Crippen molar-refractivity contribution in [1.29, 1.82) is 0 Å². The highest BCUT2D eigenvalue weighted by Gasteiger charge is 2.17. The van der Waals surface area contributed by atoms with Crippen molar-refractivity contribution in [2.75, 3.05) is 31.6 Å². The standard InChI is InChI=1S/C19H28N4O/c1-16-8-11-22(14-16)12-13-24-19-6-4-18(5-7-19)21-17(2)15-23-10-3-9-20-23/h3-7,9-10,16-17,21H,8,11-15H2,1-2H3. The molecule has 0 aliphatic carbocycles. The molecule has 5 heteroatoms. The van der Waals surface area contributed by atoms with Crippen LogP contribution in [0.25, 0.3) is 0 Å². The molecule has 0 bridgehead atoms. The van der Waals surface area contributed by atoms with Crippen LogP contribution >= 0.6 is 0 Å². The van der Waals surface area contributed by atoms with Gasteiger partial charge >= 0.3 is 0 Å². The predicted octanol–water partition coefficient (Wildman–Crippen LogP) is 3.10. The third-order valence-electron chi connectivity index (χ3n) is 4.47. The van der Waals surface area contributed by atoms with Crippen molar-refractivity contribution >= 4 is 5.69 Å². The van der Waals surface area contributed by atoms with E-state index in [9.17, 15) is 0 Å². The smallest absolute Gasteiger partial charge is 0.119 e. The van der Waals surface area contributed by atoms with Gasteiger partial charge in [0.05, 0.1) is 6.54 Å². The number of rotatable bonds is 8. The molecular weight excluding hydrogens is 300 g/mol. The minimum absolute atomic E-state index is 0.314. The summed E-state index contributed by atoms with van der Waals surface area (Å²) in [5, 5.41) is 7.72. The first-order chi connectivity index (χ1) is 11.7. The lowest BCUT2D eigenvalue weighted by atomic mass is 10.2. The zero-order valence-corrected chi connectivity index (χ0v) is 14.7. The van der Waals surface area contributed by atoms with Crippen LogP contribution in [0.15, 0.2) is 42.7 Å². The fourth-order valence-electron chi connectivity index (χ4n) is 3.19. The van der Waals surface area contributed by atoms with Gasteiger partial charge in [0.1, 0.15) is 12.4 Å². The van der Waals surface area contributed by atoms with Crippen LogP contribution in [0.4, 0.5) is 5.69 Å². The monoisotopic (exact) mass is 328 g/mol. The number of nitrogens with one attached hydrogen (secondary N) is 1. The Hall–Kier alpha value is -2.01. The van der Waals surface area contributed by atoms with E-state index < -0.39 is 0 Å². The van der Waals surface area contributed by atoms with Crippen LogP contribution in [0.5, 0.6) is 5.75 Å². The molecule has 1 N–H and O–H groups in total. The van der Waals surface area contributed by atoms with E-state index in [1.807, 2.05) is 35.3 Å². The van der Waals surface area contributed by atoms with E-state index in [1.165, 1.54) is 19.5 Å². The molecule has 0 radical (unpaired) electrons. The number of hydrogen-bond acceptors (Lipinski definition) is 4. The highest BCUT2D eigenvalue weighted by molar-refractivity contribution is 5.46. The summed E-state index contributed by atoms with van der Waals surface area (Å²) in [6.07, 6.45) is 5.11. The van der Waals surface area contributed by atoms with E-state index >= 15 is 0 Å². The van der Waals surface area contributed by atoms with Crippen LogP contribution in [-0.4, -0.2) is 47.0 Å². The highest BCUT2D eigenvalue weighted by Crippen LogP contribution is 2.18. The quantitative estimate of drug-likeness (QED) is 0.808. The number of nitrogens with zero attached hydrogens (tertiary/aromatic N) is 3. The Morgan fingerprint density at radius 2 is 2.17 bits per heavy atom. The molecule has 1 aliphatic heterocycles. The zero-order valence-electron chi connectivity index (χ0n) is 14.7. The van der Waals surface area contributed by atoms with Gasteiger partial charge < -0.3 is 10.1 Å². The largest absolute Gasteiger partial charge is 0.492 e. The van der Waals surface area contributed by atoms with Crippen LogP contribution in [0.1, 0.15) is 20.3 Å². The van der Waals surface area contributed by atoms with Gasteiger partial charge in [-0.25, -0.2) is 0 Å². The van der Waals surface area contributed by atoms with Crippen LogP contribution in [0.3, 0.4) is 0 Å². The fourth-order valence-corrected chi connectivity index (χ4v) is 3.19. The molecule has 1 saturated heterocycles. The molecule has 3 rings (SSSR count). The van der Waals surface area contributed by atoms with E-state index in [4.69, 9.17) is 4.74 Å². The third kappa shape index (κ3) is 4.99. The van der Waals surface area contributed by atoms with Gasteiger partial charge in [0.15, 0.2) is 0 Å². The van der Waals surface area contributed by atoms with Gasteiger partial charge in [-0.05, 0) is 56.1 Å². The van der Waals surface area contributed by atoms with E-state index in [2.05, 4.69) is 41.3 Å². The van der Waals surface area contributed by atoms with E-state index in [1.54, 1.807) is 0 Å². The Balaban J connectivity index is 1.40. The van der Waals surface area contributed by atoms with Gasteiger partial charge in [-0.2, -0.15) is 5.10 Å². The maximum absolute atomic E-state index is 5.86. The Bertz CT molecular complexity index is 596. The van der Waals surface area contributed by atoms with Crippen molar-refractivity contribution in [2.45, 2.75) is 32.9 Å². The molecule has 2 aromatic rings. The second-order valence-corrected chi connectivity index (χ2v) is 6.84. The van der Waals surface area contributed by atoms with E-state index in [0.717, 1.165) is 37.1 Å². The average Bonchev–Trinajstić information content (AvgIpc) is 3.21. The van der Waals surface area contributed by atoms with Gasteiger partial charge in [-0.1, -0.05) is 6.92 Å². The van der Waals surface area contributed by atoms with Gasteiger partial charge in [-0.15, -0.1) is 0 Å². The second-order valence-electron chi connectivity index (χ2n) is 6.84. The van der Waals surface area contributed by atoms with Crippen LogP contribution < -0.4 is 10.1 Å².